The molecule has 1 aliphatic rings. The first kappa shape index (κ1) is 16.2. The number of aldehydes is 1. The fourth-order valence-corrected chi connectivity index (χ4v) is 3.10. The van der Waals surface area contributed by atoms with Gasteiger partial charge in [0.2, 0.25) is 0 Å². The van der Waals surface area contributed by atoms with Crippen molar-refractivity contribution in [2.45, 2.75) is 25.7 Å². The van der Waals surface area contributed by atoms with E-state index in [0.717, 1.165) is 36.8 Å². The lowest BCUT2D eigenvalue weighted by Gasteiger charge is -2.22. The Kier molecular flexibility index (Phi) is 4.94. The lowest BCUT2D eigenvalue weighted by Crippen LogP contribution is -2.10. The zero-order chi connectivity index (χ0) is 16.9. The van der Waals surface area contributed by atoms with Crippen LogP contribution in [0.15, 0.2) is 48.0 Å². The summed E-state index contributed by atoms with van der Waals surface area (Å²) in [5, 5.41) is 9.72. The molecule has 2 aromatic rings. The third-order valence-corrected chi connectivity index (χ3v) is 4.34. The van der Waals surface area contributed by atoms with Crippen LogP contribution in [0.3, 0.4) is 0 Å². The predicted molar refractivity (Wildman–Crippen MR) is 90.8 cm³/mol. The lowest BCUT2D eigenvalue weighted by molar-refractivity contribution is 0.111. The summed E-state index contributed by atoms with van der Waals surface area (Å²) in [6.07, 6.45) is 4.31. The number of carbonyl (C=O) groups excluding carboxylic acids is 1. The fraction of sp³-hybridized carbons (Fsp3) is 0.250. The van der Waals surface area contributed by atoms with E-state index in [1.165, 1.54) is 12.1 Å². The summed E-state index contributed by atoms with van der Waals surface area (Å²) in [6.45, 7) is 0.286. The van der Waals surface area contributed by atoms with E-state index in [1.807, 2.05) is 6.07 Å². The van der Waals surface area contributed by atoms with E-state index in [4.69, 9.17) is 4.74 Å². The van der Waals surface area contributed by atoms with Crippen molar-refractivity contribution in [3.63, 3.8) is 0 Å². The van der Waals surface area contributed by atoms with Gasteiger partial charge in [0, 0.05) is 5.56 Å². The first-order valence-corrected chi connectivity index (χ1v) is 8.06. The molecule has 4 heteroatoms. The predicted octanol–water partition coefficient (Wildman–Crippen LogP) is 4.75. The van der Waals surface area contributed by atoms with Crippen molar-refractivity contribution < 1.29 is 19.0 Å². The number of benzene rings is 2. The van der Waals surface area contributed by atoms with Crippen LogP contribution in [0.4, 0.5) is 4.39 Å². The van der Waals surface area contributed by atoms with E-state index < -0.39 is 0 Å². The summed E-state index contributed by atoms with van der Waals surface area (Å²) in [4.78, 5) is 11.1. The maximum Gasteiger partial charge on any atom is 0.157 e. The molecule has 0 atom stereocenters. The van der Waals surface area contributed by atoms with Crippen molar-refractivity contribution in [2.75, 3.05) is 6.61 Å². The molecule has 0 aromatic heterocycles. The summed E-state index contributed by atoms with van der Waals surface area (Å²) < 4.78 is 19.9. The second-order valence-corrected chi connectivity index (χ2v) is 5.86. The van der Waals surface area contributed by atoms with Crippen LogP contribution in [0, 0.1) is 5.82 Å². The molecule has 0 saturated heterocycles. The monoisotopic (exact) mass is 326 g/mol. The van der Waals surface area contributed by atoms with Crippen molar-refractivity contribution in [1.29, 1.82) is 0 Å². The molecule has 0 spiro atoms. The summed E-state index contributed by atoms with van der Waals surface area (Å²) in [6, 6.07) is 11.5. The van der Waals surface area contributed by atoms with Crippen molar-refractivity contribution in [3.8, 4) is 11.5 Å². The Morgan fingerprint density at radius 1 is 1.08 bits per heavy atom. The molecule has 0 heterocycles. The minimum absolute atomic E-state index is 0.102. The Labute approximate surface area is 140 Å². The van der Waals surface area contributed by atoms with Crippen LogP contribution in [-0.2, 0) is 0 Å². The molecule has 1 aliphatic carbocycles. The number of allylic oxidation sites excluding steroid dienone is 1. The van der Waals surface area contributed by atoms with Crippen LogP contribution in [0.1, 0.15) is 41.6 Å². The average Bonchev–Trinajstić information content (AvgIpc) is 2.61. The first-order chi connectivity index (χ1) is 11.7. The van der Waals surface area contributed by atoms with Gasteiger partial charge < -0.3 is 9.84 Å². The van der Waals surface area contributed by atoms with Crippen LogP contribution in [0.5, 0.6) is 11.5 Å². The number of phenolic OH excluding ortho intramolecular Hbond substituents is 1. The van der Waals surface area contributed by atoms with Gasteiger partial charge in [-0.25, -0.2) is 4.39 Å². The Morgan fingerprint density at radius 3 is 2.67 bits per heavy atom. The van der Waals surface area contributed by atoms with Gasteiger partial charge in [-0.05, 0) is 55.0 Å². The summed E-state index contributed by atoms with van der Waals surface area (Å²) in [5.74, 6) is 0.0169. The van der Waals surface area contributed by atoms with Gasteiger partial charge in [0.05, 0.1) is 5.56 Å². The van der Waals surface area contributed by atoms with Gasteiger partial charge in [-0.2, -0.15) is 0 Å². The topological polar surface area (TPSA) is 46.5 Å². The van der Waals surface area contributed by atoms with E-state index in [2.05, 4.69) is 0 Å². The fourth-order valence-electron chi connectivity index (χ4n) is 3.10. The highest BCUT2D eigenvalue weighted by atomic mass is 19.1. The number of phenols is 1. The van der Waals surface area contributed by atoms with Gasteiger partial charge in [0.25, 0.3) is 0 Å². The van der Waals surface area contributed by atoms with Crippen molar-refractivity contribution >= 4 is 11.9 Å². The highest BCUT2D eigenvalue weighted by Crippen LogP contribution is 2.34. The molecule has 0 fully saturated rings. The number of rotatable bonds is 5. The lowest BCUT2D eigenvalue weighted by atomic mass is 9.87. The Hall–Kier alpha value is -2.62. The van der Waals surface area contributed by atoms with Gasteiger partial charge in [0.15, 0.2) is 6.29 Å². The van der Waals surface area contributed by atoms with Crippen molar-refractivity contribution in [2.24, 2.45) is 0 Å². The minimum atomic E-state index is -0.224. The van der Waals surface area contributed by atoms with E-state index in [-0.39, 0.29) is 23.7 Å². The zero-order valence-electron chi connectivity index (χ0n) is 13.3. The van der Waals surface area contributed by atoms with Crippen molar-refractivity contribution in [3.05, 3.63) is 65.0 Å². The van der Waals surface area contributed by atoms with Crippen LogP contribution in [0.25, 0.3) is 5.57 Å². The molecule has 0 aliphatic heterocycles. The maximum absolute atomic E-state index is 14.1. The largest absolute Gasteiger partial charge is 0.507 e. The Bertz CT molecular complexity index is 780. The summed E-state index contributed by atoms with van der Waals surface area (Å²) in [5.41, 5.74) is 2.81. The number of carbonyl (C=O) groups is 1. The zero-order valence-corrected chi connectivity index (χ0v) is 13.3. The van der Waals surface area contributed by atoms with E-state index in [9.17, 15) is 14.3 Å². The second kappa shape index (κ2) is 7.30. The molecule has 0 unspecified atom stereocenters. The van der Waals surface area contributed by atoms with Gasteiger partial charge in [-0.1, -0.05) is 24.3 Å². The van der Waals surface area contributed by atoms with Crippen LogP contribution >= 0.6 is 0 Å². The molecule has 124 valence electrons. The molecule has 3 nitrogen and oxygen atoms in total. The highest BCUT2D eigenvalue weighted by molar-refractivity contribution is 5.83. The maximum atomic E-state index is 14.1. The number of aromatic hydroxyl groups is 1. The van der Waals surface area contributed by atoms with Gasteiger partial charge in [0.1, 0.15) is 23.9 Å². The number of ether oxygens (including phenoxy) is 1. The summed E-state index contributed by atoms with van der Waals surface area (Å²) in [7, 11) is 0. The number of halogens is 1. The number of hydrogen-bond donors (Lipinski definition) is 1. The minimum Gasteiger partial charge on any atom is -0.507 e. The third-order valence-electron chi connectivity index (χ3n) is 4.34. The first-order valence-electron chi connectivity index (χ1n) is 8.06. The number of hydrogen-bond acceptors (Lipinski definition) is 3. The molecular weight excluding hydrogens is 307 g/mol. The molecule has 0 bridgehead atoms. The van der Waals surface area contributed by atoms with E-state index >= 15 is 0 Å². The molecule has 24 heavy (non-hydrogen) atoms. The Balaban J connectivity index is 1.88. The molecular formula is C20H19FO3. The Morgan fingerprint density at radius 2 is 1.88 bits per heavy atom. The SMILES string of the molecule is O=Cc1c(O)cccc1OCC1=C(c2ccccc2F)CCCC1. The van der Waals surface area contributed by atoms with Crippen LogP contribution in [0.2, 0.25) is 0 Å². The molecule has 0 saturated carbocycles. The second-order valence-electron chi connectivity index (χ2n) is 5.86. The van der Waals surface area contributed by atoms with Crippen LogP contribution in [-0.4, -0.2) is 18.0 Å². The standard InChI is InChI=1S/C20H19FO3/c21-18-9-4-3-8-16(18)15-7-2-1-6-14(15)13-24-20-11-5-10-19(23)17(20)12-22/h3-5,8-12,23H,1-2,6-7,13H2. The molecule has 1 N–H and O–H groups in total. The normalized spacial score (nSPS) is 14.5. The molecule has 3 rings (SSSR count). The average molecular weight is 326 g/mol. The van der Waals surface area contributed by atoms with E-state index in [1.54, 1.807) is 24.3 Å². The van der Waals surface area contributed by atoms with E-state index in [0.29, 0.717) is 17.6 Å². The smallest absolute Gasteiger partial charge is 0.157 e. The van der Waals surface area contributed by atoms with Gasteiger partial charge in [-0.3, -0.25) is 4.79 Å². The van der Waals surface area contributed by atoms with Gasteiger partial charge in [-0.15, -0.1) is 0 Å². The third kappa shape index (κ3) is 3.32. The van der Waals surface area contributed by atoms with Crippen molar-refractivity contribution in [1.82, 2.24) is 0 Å². The molecule has 0 radical (unpaired) electrons. The van der Waals surface area contributed by atoms with Gasteiger partial charge >= 0.3 is 0 Å². The highest BCUT2D eigenvalue weighted by Gasteiger charge is 2.18. The quantitative estimate of drug-likeness (QED) is 0.807. The molecule has 2 aromatic carbocycles. The molecule has 0 amide bonds. The van der Waals surface area contributed by atoms with Crippen LogP contribution < -0.4 is 4.74 Å². The summed E-state index contributed by atoms with van der Waals surface area (Å²) >= 11 is 0.